The number of hydrogen-bond donors (Lipinski definition) is 0. The molecule has 0 spiro atoms. The summed E-state index contributed by atoms with van der Waals surface area (Å²) in [4.78, 5) is 0. The van der Waals surface area contributed by atoms with Crippen LogP contribution in [0, 0.1) is 28.6 Å². The van der Waals surface area contributed by atoms with Crippen molar-refractivity contribution in [3.05, 3.63) is 0 Å². The van der Waals surface area contributed by atoms with Crippen LogP contribution in [0.4, 0.5) is 13.2 Å². The predicted octanol–water partition coefficient (Wildman–Crippen LogP) is 0.148. The van der Waals surface area contributed by atoms with Crippen molar-refractivity contribution < 1.29 is 38.2 Å². The summed E-state index contributed by atoms with van der Waals surface area (Å²) in [5.41, 5.74) is 0. The van der Waals surface area contributed by atoms with Gasteiger partial charge in [-0.2, -0.15) is 23.7 Å². The van der Waals surface area contributed by atoms with Gasteiger partial charge in [0.15, 0.2) is 0 Å². The topological polar surface area (TPSA) is 56.8 Å². The molecule has 0 unspecified atom stereocenters. The molecule has 0 aliphatic heterocycles. The zero-order chi connectivity index (χ0) is 13.4. The first kappa shape index (κ1) is 21.6. The minimum Gasteiger partial charge on any atom is -1.00 e. The Morgan fingerprint density at radius 3 is 1.29 bits per heavy atom. The smallest absolute Gasteiger partial charge is 1.00 e. The van der Waals surface area contributed by atoms with Gasteiger partial charge in [-0.25, -0.2) is 0 Å². The summed E-state index contributed by atoms with van der Waals surface area (Å²) in [6.07, 6.45) is -3.95. The van der Waals surface area contributed by atoms with E-state index in [0.717, 1.165) is 12.1 Å². The third-order valence-corrected chi connectivity index (χ3v) is 1.13. The van der Waals surface area contributed by atoms with Gasteiger partial charge in [-0.05, 0) is 27.7 Å². The van der Waals surface area contributed by atoms with Gasteiger partial charge in [0.1, 0.15) is 0 Å². The van der Waals surface area contributed by atoms with E-state index in [2.05, 4.69) is 0 Å². The summed E-state index contributed by atoms with van der Waals surface area (Å²) < 4.78 is 39.1. The van der Waals surface area contributed by atoms with Crippen LogP contribution < -0.4 is 18.9 Å². The average Bonchev–Trinajstić information content (AvgIpc) is 2.01. The predicted molar refractivity (Wildman–Crippen MR) is 53.2 cm³/mol. The fourth-order valence-electron chi connectivity index (χ4n) is 0.720. The van der Waals surface area contributed by atoms with Gasteiger partial charge in [0, 0.05) is 0 Å². The summed E-state index contributed by atoms with van der Waals surface area (Å²) in [6, 6.07) is 1.61. The Balaban J connectivity index is -0.000000100. The molecule has 0 amide bonds. The quantitative estimate of drug-likeness (QED) is 0.650. The second-order valence-corrected chi connectivity index (χ2v) is 3.47. The van der Waals surface area contributed by atoms with Gasteiger partial charge in [-0.15, -0.1) is 0 Å². The molecule has 0 bridgehead atoms. The van der Waals surface area contributed by atoms with E-state index in [0.29, 0.717) is 12.2 Å². The van der Waals surface area contributed by atoms with Gasteiger partial charge < -0.3 is 6.16 Å². The first-order chi connectivity index (χ1) is 7.15. The molecule has 0 atom stereocenters. The van der Waals surface area contributed by atoms with Gasteiger partial charge in [0.25, 0.3) is 0 Å². The minimum absolute atomic E-state index is 0. The van der Waals surface area contributed by atoms with E-state index in [1.165, 1.54) is 0 Å². The Kier molecular flexibility index (Phi) is 13.3. The summed E-state index contributed by atoms with van der Waals surface area (Å²) in [5, 5.41) is 15.3. The zero-order valence-electron chi connectivity index (χ0n) is 11.7. The third kappa shape index (κ3) is 15.3. The van der Waals surface area contributed by atoms with E-state index < -0.39 is 12.1 Å². The van der Waals surface area contributed by atoms with Crippen molar-refractivity contribution in [1.29, 1.82) is 10.5 Å². The average molecular weight is 244 g/mol. The molecule has 0 rings (SSSR count). The second kappa shape index (κ2) is 10.5. The molecular weight excluding hydrogens is 228 g/mol. The number of ether oxygens (including phenoxy) is 1. The minimum atomic E-state index is -4.70. The third-order valence-electron chi connectivity index (χ3n) is 1.13. The summed E-state index contributed by atoms with van der Waals surface area (Å²) in [6.45, 7) is 8.17. The molecule has 3 nitrogen and oxygen atoms in total. The molecule has 0 aromatic rings. The first-order valence-corrected chi connectivity index (χ1v) is 4.66. The fourth-order valence-corrected chi connectivity index (χ4v) is 0.720. The van der Waals surface area contributed by atoms with E-state index in [4.69, 9.17) is 15.3 Å². The molecule has 0 radical (unpaired) electrons. The van der Waals surface area contributed by atoms with Crippen LogP contribution in [0.1, 0.15) is 29.1 Å². The van der Waals surface area contributed by atoms with Crippen molar-refractivity contribution in [2.75, 3.05) is 0 Å². The van der Waals surface area contributed by atoms with Crippen molar-refractivity contribution in [3.63, 3.8) is 0 Å². The molecule has 0 aromatic heterocycles. The van der Waals surface area contributed by atoms with Gasteiger partial charge >= 0.3 is 25.0 Å². The van der Waals surface area contributed by atoms with Crippen LogP contribution in [0.15, 0.2) is 0 Å². The van der Waals surface area contributed by atoms with E-state index >= 15 is 0 Å². The van der Waals surface area contributed by atoms with Crippen LogP contribution in [0.25, 0.3) is 0 Å². The van der Waals surface area contributed by atoms with E-state index in [1.807, 2.05) is 27.7 Å². The normalized spacial score (nSPS) is 10.1. The molecule has 17 heavy (non-hydrogen) atoms. The van der Waals surface area contributed by atoms with Crippen LogP contribution in [-0.2, 0) is 4.74 Å². The summed E-state index contributed by atoms with van der Waals surface area (Å²) in [7, 11) is 0. The van der Waals surface area contributed by atoms with Crippen molar-refractivity contribution >= 4 is 0 Å². The molecule has 94 valence electrons. The SMILES string of the molecule is CC(C)OC(C)C.N#CC(C#N)C(F)(F)F.[H-].[Li+]. The van der Waals surface area contributed by atoms with Gasteiger partial charge in [-0.1, -0.05) is 0 Å². The standard InChI is InChI=1S/C6H14O.C4HF3N2.Li.H/c1-5(2)7-6(3)4;5-4(6,7)3(1-8)2-9;;/h5-6H,1-4H3;3H;;/q;;+1;-1. The molecular formula is C10H16F3LiN2O. The summed E-state index contributed by atoms with van der Waals surface area (Å²) >= 11 is 0. The van der Waals surface area contributed by atoms with Crippen LogP contribution in [0.2, 0.25) is 0 Å². The number of nitrogens with zero attached hydrogens (tertiary/aromatic N) is 2. The number of rotatable bonds is 2. The van der Waals surface area contributed by atoms with Crippen molar-refractivity contribution in [1.82, 2.24) is 0 Å². The molecule has 0 heterocycles. The van der Waals surface area contributed by atoms with Crippen LogP contribution in [-0.4, -0.2) is 18.4 Å². The number of hydrogen-bond acceptors (Lipinski definition) is 3. The van der Waals surface area contributed by atoms with Gasteiger partial charge in [0.05, 0.1) is 24.3 Å². The Morgan fingerprint density at radius 2 is 1.29 bits per heavy atom. The summed E-state index contributed by atoms with van der Waals surface area (Å²) in [5.74, 6) is -2.49. The largest absolute Gasteiger partial charge is 1.00 e. The van der Waals surface area contributed by atoms with E-state index in [-0.39, 0.29) is 20.3 Å². The zero-order valence-corrected chi connectivity index (χ0v) is 10.7. The van der Waals surface area contributed by atoms with Crippen LogP contribution >= 0.6 is 0 Å². The maximum Gasteiger partial charge on any atom is 1.00 e. The molecule has 0 fully saturated rings. The van der Waals surface area contributed by atoms with E-state index in [1.54, 1.807) is 0 Å². The molecule has 0 aliphatic carbocycles. The van der Waals surface area contributed by atoms with Crippen molar-refractivity contribution in [2.45, 2.75) is 46.1 Å². The molecule has 0 N–H and O–H groups in total. The maximum absolute atomic E-state index is 11.3. The van der Waals surface area contributed by atoms with Crippen molar-refractivity contribution in [3.8, 4) is 12.1 Å². The second-order valence-electron chi connectivity index (χ2n) is 3.47. The maximum atomic E-state index is 11.3. The number of nitriles is 2. The van der Waals surface area contributed by atoms with Crippen LogP contribution in [0.5, 0.6) is 0 Å². The van der Waals surface area contributed by atoms with Crippen molar-refractivity contribution in [2.24, 2.45) is 5.92 Å². The van der Waals surface area contributed by atoms with E-state index in [9.17, 15) is 13.2 Å². The first-order valence-electron chi connectivity index (χ1n) is 4.66. The Hall–Kier alpha value is -0.673. The number of halogens is 3. The fraction of sp³-hybridized carbons (Fsp3) is 0.800. The molecule has 7 heteroatoms. The van der Waals surface area contributed by atoms with Gasteiger partial charge in [-0.3, -0.25) is 0 Å². The monoisotopic (exact) mass is 244 g/mol. The molecule has 0 aliphatic rings. The molecule has 0 aromatic carbocycles. The van der Waals surface area contributed by atoms with Crippen LogP contribution in [0.3, 0.4) is 0 Å². The number of alkyl halides is 3. The molecule has 0 saturated carbocycles. The Bertz CT molecular complexity index is 252. The molecule has 0 saturated heterocycles. The Labute approximate surface area is 113 Å². The van der Waals surface area contributed by atoms with Gasteiger partial charge in [0.2, 0.25) is 5.92 Å². The Morgan fingerprint density at radius 1 is 1.00 bits per heavy atom.